The van der Waals surface area contributed by atoms with Crippen molar-refractivity contribution in [3.05, 3.63) is 35.6 Å². The molecule has 14 heavy (non-hydrogen) atoms. The first-order valence-electron chi connectivity index (χ1n) is 4.08. The molecule has 1 aromatic rings. The van der Waals surface area contributed by atoms with E-state index in [2.05, 4.69) is 5.16 Å². The summed E-state index contributed by atoms with van der Waals surface area (Å²) in [5.74, 6) is -0.276. The van der Waals surface area contributed by atoms with E-state index in [4.69, 9.17) is 10.1 Å². The number of halogens is 1. The lowest BCUT2D eigenvalue weighted by atomic mass is 10.2. The van der Waals surface area contributed by atoms with Crippen molar-refractivity contribution < 1.29 is 9.23 Å². The predicted molar refractivity (Wildman–Crippen MR) is 49.9 cm³/mol. The highest BCUT2D eigenvalue weighted by Gasteiger charge is 1.92. The largest absolute Gasteiger partial charge is 0.391 e. The zero-order valence-electron chi connectivity index (χ0n) is 7.48. The molecule has 0 spiro atoms. The Labute approximate surface area is 81.4 Å². The van der Waals surface area contributed by atoms with Crippen molar-refractivity contribution in [3.8, 4) is 6.07 Å². The molecular weight excluding hydrogens is 183 g/mol. The summed E-state index contributed by atoms with van der Waals surface area (Å²) in [5.41, 5.74) is 0.834. The molecule has 0 amide bonds. The van der Waals surface area contributed by atoms with E-state index in [1.54, 1.807) is 12.1 Å². The van der Waals surface area contributed by atoms with Gasteiger partial charge in [0.2, 0.25) is 0 Å². The Morgan fingerprint density at radius 1 is 1.43 bits per heavy atom. The number of benzene rings is 1. The van der Waals surface area contributed by atoms with Crippen LogP contribution in [0.1, 0.15) is 12.0 Å². The van der Waals surface area contributed by atoms with Gasteiger partial charge in [-0.05, 0) is 17.7 Å². The molecule has 0 aliphatic heterocycles. The summed E-state index contributed by atoms with van der Waals surface area (Å²) in [4.78, 5) is 4.86. The van der Waals surface area contributed by atoms with Crippen LogP contribution in [0.3, 0.4) is 0 Å². The van der Waals surface area contributed by atoms with Gasteiger partial charge in [-0.3, -0.25) is 0 Å². The van der Waals surface area contributed by atoms with Gasteiger partial charge in [-0.15, -0.1) is 0 Å². The Hall–Kier alpha value is -1.89. The van der Waals surface area contributed by atoms with Crippen molar-refractivity contribution in [3.63, 3.8) is 0 Å². The molecule has 0 radical (unpaired) electrons. The molecule has 0 heterocycles. The van der Waals surface area contributed by atoms with E-state index in [0.717, 1.165) is 5.56 Å². The summed E-state index contributed by atoms with van der Waals surface area (Å²) in [5, 5.41) is 11.7. The minimum atomic E-state index is -0.276. The van der Waals surface area contributed by atoms with Gasteiger partial charge in [0.15, 0.2) is 0 Å². The predicted octanol–water partition coefficient (Wildman–Crippen LogP) is 2.24. The summed E-state index contributed by atoms with van der Waals surface area (Å²) in [6.45, 7) is 0.280. The first-order chi connectivity index (χ1) is 6.83. The monoisotopic (exact) mass is 192 g/mol. The third-order valence-electron chi connectivity index (χ3n) is 1.48. The average molecular weight is 192 g/mol. The maximum Gasteiger partial charge on any atom is 0.142 e. The topological polar surface area (TPSA) is 45.4 Å². The minimum absolute atomic E-state index is 0.226. The van der Waals surface area contributed by atoms with E-state index in [1.807, 2.05) is 6.07 Å². The molecular formula is C10H9FN2O. The van der Waals surface area contributed by atoms with E-state index in [1.165, 1.54) is 18.3 Å². The van der Waals surface area contributed by atoms with Crippen molar-refractivity contribution in [2.75, 3.05) is 0 Å². The van der Waals surface area contributed by atoms with Crippen LogP contribution < -0.4 is 0 Å². The van der Waals surface area contributed by atoms with E-state index < -0.39 is 0 Å². The molecule has 0 saturated carbocycles. The van der Waals surface area contributed by atoms with Gasteiger partial charge >= 0.3 is 0 Å². The Balaban J connectivity index is 2.32. The van der Waals surface area contributed by atoms with Gasteiger partial charge in [0.05, 0.1) is 18.7 Å². The molecule has 0 aliphatic carbocycles. The lowest BCUT2D eigenvalue weighted by molar-refractivity contribution is 0.131. The highest BCUT2D eigenvalue weighted by atomic mass is 19.1. The molecule has 0 atom stereocenters. The van der Waals surface area contributed by atoms with Crippen LogP contribution in [0.15, 0.2) is 29.4 Å². The third-order valence-corrected chi connectivity index (χ3v) is 1.48. The van der Waals surface area contributed by atoms with Gasteiger partial charge in [-0.25, -0.2) is 4.39 Å². The second-order valence-electron chi connectivity index (χ2n) is 2.55. The van der Waals surface area contributed by atoms with Crippen LogP contribution in [-0.4, -0.2) is 6.21 Å². The van der Waals surface area contributed by atoms with E-state index >= 15 is 0 Å². The first kappa shape index (κ1) is 10.2. The van der Waals surface area contributed by atoms with Crippen molar-refractivity contribution >= 4 is 6.21 Å². The van der Waals surface area contributed by atoms with E-state index in [0.29, 0.717) is 0 Å². The van der Waals surface area contributed by atoms with Crippen LogP contribution in [0.2, 0.25) is 0 Å². The smallest absolute Gasteiger partial charge is 0.142 e. The van der Waals surface area contributed by atoms with Crippen LogP contribution in [0.25, 0.3) is 0 Å². The number of rotatable bonds is 4. The van der Waals surface area contributed by atoms with Gasteiger partial charge in [-0.2, -0.15) is 5.26 Å². The number of oxime groups is 1. The Morgan fingerprint density at radius 2 is 2.14 bits per heavy atom. The van der Waals surface area contributed by atoms with Gasteiger partial charge in [-0.1, -0.05) is 17.3 Å². The fraction of sp³-hybridized carbons (Fsp3) is 0.200. The van der Waals surface area contributed by atoms with Crippen molar-refractivity contribution in [2.45, 2.75) is 13.0 Å². The van der Waals surface area contributed by atoms with Gasteiger partial charge in [0.1, 0.15) is 12.4 Å². The Kier molecular flexibility index (Phi) is 4.15. The Morgan fingerprint density at radius 3 is 2.79 bits per heavy atom. The zero-order valence-corrected chi connectivity index (χ0v) is 7.48. The maximum absolute atomic E-state index is 12.5. The quantitative estimate of drug-likeness (QED) is 0.542. The number of nitrogens with zero attached hydrogens (tertiary/aromatic N) is 2. The SMILES string of the molecule is N#CC/C=N/OCc1ccc(F)cc1. The van der Waals surface area contributed by atoms with Crippen molar-refractivity contribution in [2.24, 2.45) is 5.16 Å². The van der Waals surface area contributed by atoms with Gasteiger partial charge < -0.3 is 4.84 Å². The first-order valence-corrected chi connectivity index (χ1v) is 4.08. The normalized spacial score (nSPS) is 10.0. The lowest BCUT2D eigenvalue weighted by Gasteiger charge is -1.98. The molecule has 1 rings (SSSR count). The molecule has 3 nitrogen and oxygen atoms in total. The molecule has 0 N–H and O–H groups in total. The maximum atomic E-state index is 12.5. The summed E-state index contributed by atoms with van der Waals surface area (Å²) >= 11 is 0. The number of nitriles is 1. The van der Waals surface area contributed by atoms with E-state index in [9.17, 15) is 4.39 Å². The van der Waals surface area contributed by atoms with Crippen LogP contribution in [0.4, 0.5) is 4.39 Å². The fourth-order valence-corrected chi connectivity index (χ4v) is 0.823. The molecule has 0 unspecified atom stereocenters. The van der Waals surface area contributed by atoms with Crippen LogP contribution in [0.5, 0.6) is 0 Å². The number of hydrogen-bond donors (Lipinski definition) is 0. The summed E-state index contributed by atoms with van der Waals surface area (Å²) in [6, 6.07) is 7.85. The summed E-state index contributed by atoms with van der Waals surface area (Å²) in [7, 11) is 0. The van der Waals surface area contributed by atoms with E-state index in [-0.39, 0.29) is 18.8 Å². The molecule has 0 fully saturated rings. The van der Waals surface area contributed by atoms with Crippen molar-refractivity contribution in [1.29, 1.82) is 5.26 Å². The lowest BCUT2D eigenvalue weighted by Crippen LogP contribution is -1.87. The summed E-state index contributed by atoms with van der Waals surface area (Å²) in [6.07, 6.45) is 1.60. The van der Waals surface area contributed by atoms with Crippen molar-refractivity contribution in [1.82, 2.24) is 0 Å². The molecule has 0 aromatic heterocycles. The molecule has 4 heteroatoms. The molecule has 1 aromatic carbocycles. The molecule has 0 saturated heterocycles. The summed E-state index contributed by atoms with van der Waals surface area (Å²) < 4.78 is 12.5. The Bertz CT molecular complexity index is 340. The molecule has 72 valence electrons. The third kappa shape index (κ3) is 3.68. The van der Waals surface area contributed by atoms with Gasteiger partial charge in [0, 0.05) is 0 Å². The van der Waals surface area contributed by atoms with Crippen LogP contribution in [-0.2, 0) is 11.4 Å². The molecule has 0 aliphatic rings. The second-order valence-corrected chi connectivity index (χ2v) is 2.55. The minimum Gasteiger partial charge on any atom is -0.391 e. The van der Waals surface area contributed by atoms with Crippen LogP contribution >= 0.6 is 0 Å². The highest BCUT2D eigenvalue weighted by Crippen LogP contribution is 2.03. The fourth-order valence-electron chi connectivity index (χ4n) is 0.823. The highest BCUT2D eigenvalue weighted by molar-refractivity contribution is 5.59. The standard InChI is InChI=1S/C10H9FN2O/c11-10-4-2-9(3-5-10)8-14-13-7-1-6-12/h2-5,7H,1,8H2/b13-7+. The average Bonchev–Trinajstić information content (AvgIpc) is 2.21. The zero-order chi connectivity index (χ0) is 10.2. The van der Waals surface area contributed by atoms with Gasteiger partial charge in [0.25, 0.3) is 0 Å². The second kappa shape index (κ2) is 5.70. The number of hydrogen-bond acceptors (Lipinski definition) is 3. The van der Waals surface area contributed by atoms with Crippen LogP contribution in [0, 0.1) is 17.1 Å². The molecule has 0 bridgehead atoms.